The molecule has 0 aromatic heterocycles. The highest BCUT2D eigenvalue weighted by Crippen LogP contribution is 2.49. The maximum atomic E-state index is 1.90. The van der Waals surface area contributed by atoms with Gasteiger partial charge in [0.1, 0.15) is 0 Å². The minimum Gasteiger partial charge on any atom is -0.114 e. The molecule has 3 fully saturated rings. The summed E-state index contributed by atoms with van der Waals surface area (Å²) >= 11 is 0. The molecular weight excluding hydrogens is 115 g/mol. The van der Waals surface area contributed by atoms with Gasteiger partial charge in [-0.3, -0.25) is 0 Å². The Labute approximate surface area is 52.8 Å². The zero-order valence-electron chi connectivity index (χ0n) is 5.11. The molecule has 0 nitrogen and oxygen atoms in total. The fourth-order valence-electron chi connectivity index (χ4n) is 1.70. The first-order valence-electron chi connectivity index (χ1n) is 3.54. The summed E-state index contributed by atoms with van der Waals surface area (Å²) in [4.78, 5) is 0. The average molecular weight is 127 g/mol. The molecule has 1 saturated carbocycles. The molecular formula is C7H12P. The Morgan fingerprint density at radius 1 is 1.25 bits per heavy atom. The van der Waals surface area contributed by atoms with Crippen LogP contribution < -0.4 is 0 Å². The highest BCUT2D eigenvalue weighted by Gasteiger charge is 2.27. The quantitative estimate of drug-likeness (QED) is 0.438. The molecule has 0 spiro atoms. The number of hydrogen-bond donors (Lipinski definition) is 0. The van der Waals surface area contributed by atoms with Crippen LogP contribution in [0, 0.1) is 11.6 Å². The maximum absolute atomic E-state index is 1.90. The summed E-state index contributed by atoms with van der Waals surface area (Å²) < 4.78 is 0. The van der Waals surface area contributed by atoms with Crippen LogP contribution in [-0.2, 0) is 0 Å². The summed E-state index contributed by atoms with van der Waals surface area (Å²) in [7, 11) is 1.26. The van der Waals surface area contributed by atoms with Crippen LogP contribution >= 0.6 is 8.58 Å². The van der Waals surface area contributed by atoms with Crippen molar-refractivity contribution in [2.24, 2.45) is 5.92 Å². The van der Waals surface area contributed by atoms with E-state index in [0.717, 1.165) is 5.92 Å². The van der Waals surface area contributed by atoms with Crippen molar-refractivity contribution < 1.29 is 0 Å². The molecule has 2 heterocycles. The SMILES string of the molecule is C1CC2CC[C]1PC2. The Kier molecular flexibility index (Phi) is 1.30. The molecule has 2 saturated heterocycles. The first-order valence-corrected chi connectivity index (χ1v) is 4.74. The molecule has 3 rings (SSSR count). The van der Waals surface area contributed by atoms with Gasteiger partial charge in [-0.1, -0.05) is 0 Å². The zero-order chi connectivity index (χ0) is 5.40. The molecule has 45 valence electrons. The van der Waals surface area contributed by atoms with Gasteiger partial charge in [0.25, 0.3) is 0 Å². The molecule has 1 atom stereocenters. The second kappa shape index (κ2) is 1.99. The third kappa shape index (κ3) is 0.796. The number of hydrogen-bond acceptors (Lipinski definition) is 0. The third-order valence-electron chi connectivity index (χ3n) is 2.35. The number of rotatable bonds is 0. The lowest BCUT2D eigenvalue weighted by molar-refractivity contribution is 0.418. The van der Waals surface area contributed by atoms with Crippen LogP contribution in [0.25, 0.3) is 0 Å². The Hall–Kier alpha value is 0.430. The molecule has 3 aliphatic rings. The van der Waals surface area contributed by atoms with E-state index in [1.807, 2.05) is 5.66 Å². The van der Waals surface area contributed by atoms with Gasteiger partial charge in [-0.2, -0.15) is 0 Å². The first kappa shape index (κ1) is 5.23. The molecule has 1 heteroatoms. The van der Waals surface area contributed by atoms with Crippen LogP contribution in [0.15, 0.2) is 0 Å². The van der Waals surface area contributed by atoms with Crippen molar-refractivity contribution in [1.82, 2.24) is 0 Å². The topological polar surface area (TPSA) is 0 Å². The minimum atomic E-state index is 1.14. The lowest BCUT2D eigenvalue weighted by Gasteiger charge is -2.34. The molecule has 8 heavy (non-hydrogen) atoms. The van der Waals surface area contributed by atoms with E-state index in [4.69, 9.17) is 0 Å². The summed E-state index contributed by atoms with van der Waals surface area (Å²) in [6, 6.07) is 0. The standard InChI is InChI=1S/C7H12P/c1-3-7-4-2-6(1)5-8-7/h6,8H,1-5H2. The second-order valence-electron chi connectivity index (χ2n) is 2.93. The van der Waals surface area contributed by atoms with Gasteiger partial charge >= 0.3 is 0 Å². The summed E-state index contributed by atoms with van der Waals surface area (Å²) in [5, 5.41) is 0. The maximum Gasteiger partial charge on any atom is -0.00284 e. The van der Waals surface area contributed by atoms with Gasteiger partial charge in [0.15, 0.2) is 0 Å². The van der Waals surface area contributed by atoms with E-state index in [1.165, 1.54) is 34.3 Å². The lowest BCUT2D eigenvalue weighted by Crippen LogP contribution is -2.18. The van der Waals surface area contributed by atoms with Crippen LogP contribution in [0.5, 0.6) is 0 Å². The van der Waals surface area contributed by atoms with Gasteiger partial charge < -0.3 is 0 Å². The third-order valence-corrected chi connectivity index (χ3v) is 4.13. The van der Waals surface area contributed by atoms with E-state index >= 15 is 0 Å². The van der Waals surface area contributed by atoms with Gasteiger partial charge in [-0.25, -0.2) is 0 Å². The first-order chi connectivity index (χ1) is 3.95. The molecule has 2 aliphatic heterocycles. The van der Waals surface area contributed by atoms with Crippen molar-refractivity contribution in [1.29, 1.82) is 0 Å². The zero-order valence-corrected chi connectivity index (χ0v) is 6.11. The molecule has 0 N–H and O–H groups in total. The molecule has 0 aromatic rings. The van der Waals surface area contributed by atoms with Gasteiger partial charge in [0.05, 0.1) is 0 Å². The number of fused-ring (bicyclic) bond motifs is 3. The van der Waals surface area contributed by atoms with Crippen LogP contribution in [0.4, 0.5) is 0 Å². The normalized spacial score (nSPS) is 41.2. The highest BCUT2D eigenvalue weighted by atomic mass is 31.1. The van der Waals surface area contributed by atoms with Gasteiger partial charge in [-0.15, -0.1) is 8.58 Å². The van der Waals surface area contributed by atoms with Crippen LogP contribution in [0.2, 0.25) is 0 Å². The van der Waals surface area contributed by atoms with Gasteiger partial charge in [0.2, 0.25) is 0 Å². The smallest absolute Gasteiger partial charge is 0.00284 e. The van der Waals surface area contributed by atoms with Crippen molar-refractivity contribution in [2.75, 3.05) is 6.16 Å². The van der Waals surface area contributed by atoms with E-state index in [0.29, 0.717) is 0 Å². The Morgan fingerprint density at radius 3 is 2.12 bits per heavy atom. The van der Waals surface area contributed by atoms with Crippen LogP contribution in [-0.4, -0.2) is 6.16 Å². The molecule has 1 aliphatic carbocycles. The van der Waals surface area contributed by atoms with E-state index in [9.17, 15) is 0 Å². The summed E-state index contributed by atoms with van der Waals surface area (Å²) in [5.41, 5.74) is 1.90. The second-order valence-corrected chi connectivity index (χ2v) is 4.40. The highest BCUT2D eigenvalue weighted by molar-refractivity contribution is 7.42. The van der Waals surface area contributed by atoms with Gasteiger partial charge in [-0.05, 0) is 43.4 Å². The Balaban J connectivity index is 2.03. The Bertz CT molecular complexity index is 59.4. The van der Waals surface area contributed by atoms with E-state index in [2.05, 4.69) is 0 Å². The molecule has 1 radical (unpaired) electrons. The van der Waals surface area contributed by atoms with Crippen molar-refractivity contribution >= 4 is 8.58 Å². The summed E-state index contributed by atoms with van der Waals surface area (Å²) in [6.45, 7) is 0. The van der Waals surface area contributed by atoms with Gasteiger partial charge in [0, 0.05) is 0 Å². The van der Waals surface area contributed by atoms with Crippen molar-refractivity contribution in [3.8, 4) is 0 Å². The predicted molar refractivity (Wildman–Crippen MR) is 38.4 cm³/mol. The van der Waals surface area contributed by atoms with Crippen LogP contribution in [0.1, 0.15) is 25.7 Å². The summed E-state index contributed by atoms with van der Waals surface area (Å²) in [6.07, 6.45) is 7.59. The molecule has 0 aromatic carbocycles. The lowest BCUT2D eigenvalue weighted by atomic mass is 9.89. The van der Waals surface area contributed by atoms with E-state index < -0.39 is 0 Å². The van der Waals surface area contributed by atoms with E-state index in [-0.39, 0.29) is 0 Å². The van der Waals surface area contributed by atoms with Crippen molar-refractivity contribution in [3.63, 3.8) is 0 Å². The van der Waals surface area contributed by atoms with Crippen LogP contribution in [0.3, 0.4) is 0 Å². The monoisotopic (exact) mass is 127 g/mol. The summed E-state index contributed by atoms with van der Waals surface area (Å²) in [5.74, 6) is 1.14. The predicted octanol–water partition coefficient (Wildman–Crippen LogP) is 2.40. The largest absolute Gasteiger partial charge is 0.114 e. The molecule has 1 unspecified atom stereocenters. The minimum absolute atomic E-state index is 1.14. The Morgan fingerprint density at radius 2 is 2.00 bits per heavy atom. The van der Waals surface area contributed by atoms with Crippen molar-refractivity contribution in [2.45, 2.75) is 25.7 Å². The average Bonchev–Trinajstić information content (AvgIpc) is 1.92. The fourth-order valence-corrected chi connectivity index (χ4v) is 3.32. The van der Waals surface area contributed by atoms with Crippen molar-refractivity contribution in [3.05, 3.63) is 5.66 Å². The molecule has 2 bridgehead atoms. The molecule has 0 amide bonds. The fraction of sp³-hybridized carbons (Fsp3) is 0.857. The van der Waals surface area contributed by atoms with E-state index in [1.54, 1.807) is 6.16 Å².